The molecule has 0 bridgehead atoms. The Kier molecular flexibility index (Phi) is 3.31. The summed E-state index contributed by atoms with van der Waals surface area (Å²) in [6.07, 6.45) is -2.70. The van der Waals surface area contributed by atoms with Crippen molar-refractivity contribution in [3.05, 3.63) is 42.1 Å². The molecule has 0 spiro atoms. The van der Waals surface area contributed by atoms with Gasteiger partial charge in [0.25, 0.3) is 0 Å². The van der Waals surface area contributed by atoms with Crippen molar-refractivity contribution in [1.29, 1.82) is 0 Å². The molecular formula is C13H13F4N3. The van der Waals surface area contributed by atoms with Crippen LogP contribution < -0.4 is 0 Å². The highest BCUT2D eigenvalue weighted by atomic mass is 19.4. The Labute approximate surface area is 112 Å². The molecule has 0 aliphatic heterocycles. The van der Waals surface area contributed by atoms with Crippen LogP contribution in [0, 0.1) is 12.9 Å². The molecule has 2 aromatic heterocycles. The zero-order chi connectivity index (χ0) is 15.1. The number of allylic oxidation sites excluding steroid dienone is 1. The van der Waals surface area contributed by atoms with E-state index < -0.39 is 17.5 Å². The van der Waals surface area contributed by atoms with E-state index in [1.165, 1.54) is 20.0 Å². The van der Waals surface area contributed by atoms with Gasteiger partial charge in [0.05, 0.1) is 5.69 Å². The predicted octanol–water partition coefficient (Wildman–Crippen LogP) is 3.57. The molecule has 0 radical (unpaired) electrons. The minimum atomic E-state index is -4.56. The average Bonchev–Trinajstić information content (AvgIpc) is 2.72. The van der Waals surface area contributed by atoms with E-state index in [-0.39, 0.29) is 23.3 Å². The fourth-order valence-electron chi connectivity index (χ4n) is 2.39. The zero-order valence-corrected chi connectivity index (χ0v) is 11.0. The summed E-state index contributed by atoms with van der Waals surface area (Å²) in [6, 6.07) is 0.989. The lowest BCUT2D eigenvalue weighted by molar-refractivity contribution is -0.178. The van der Waals surface area contributed by atoms with Crippen molar-refractivity contribution in [3.63, 3.8) is 0 Å². The standard InChI is InChI=1S/C13H13F4N3/c1-4-12(5-2,13(15,16)17)11-8(3)7-18-10-6-9(14)19-20(10)11/h4,6-7H,1,5H2,2-3H3. The predicted molar refractivity (Wildman–Crippen MR) is 65.9 cm³/mol. The van der Waals surface area contributed by atoms with Gasteiger partial charge in [-0.2, -0.15) is 17.6 Å². The van der Waals surface area contributed by atoms with Crippen molar-refractivity contribution in [2.45, 2.75) is 31.9 Å². The molecular weight excluding hydrogens is 274 g/mol. The molecule has 0 aliphatic carbocycles. The third kappa shape index (κ3) is 1.88. The van der Waals surface area contributed by atoms with Gasteiger partial charge in [-0.1, -0.05) is 13.0 Å². The highest BCUT2D eigenvalue weighted by Gasteiger charge is 2.54. The first kappa shape index (κ1) is 14.5. The van der Waals surface area contributed by atoms with Gasteiger partial charge in [-0.3, -0.25) is 0 Å². The molecule has 0 aromatic carbocycles. The van der Waals surface area contributed by atoms with Crippen LogP contribution in [0.2, 0.25) is 0 Å². The molecule has 1 atom stereocenters. The van der Waals surface area contributed by atoms with Gasteiger partial charge in [0, 0.05) is 12.3 Å². The van der Waals surface area contributed by atoms with Gasteiger partial charge in [0.1, 0.15) is 5.41 Å². The second kappa shape index (κ2) is 4.57. The van der Waals surface area contributed by atoms with Gasteiger partial charge in [0.15, 0.2) is 5.65 Å². The van der Waals surface area contributed by atoms with Crippen LogP contribution in [0.1, 0.15) is 24.6 Å². The Morgan fingerprint density at radius 3 is 2.55 bits per heavy atom. The topological polar surface area (TPSA) is 30.2 Å². The number of hydrogen-bond acceptors (Lipinski definition) is 2. The largest absolute Gasteiger partial charge is 0.403 e. The van der Waals surface area contributed by atoms with Gasteiger partial charge in [-0.25, -0.2) is 9.50 Å². The van der Waals surface area contributed by atoms with Crippen molar-refractivity contribution in [2.75, 3.05) is 0 Å². The number of hydrogen-bond donors (Lipinski definition) is 0. The Morgan fingerprint density at radius 1 is 1.40 bits per heavy atom. The second-order valence-corrected chi connectivity index (χ2v) is 4.55. The molecule has 0 N–H and O–H groups in total. The van der Waals surface area contributed by atoms with Crippen LogP contribution in [-0.4, -0.2) is 20.8 Å². The maximum atomic E-state index is 13.5. The molecule has 3 nitrogen and oxygen atoms in total. The van der Waals surface area contributed by atoms with Crippen LogP contribution in [0.3, 0.4) is 0 Å². The molecule has 0 fully saturated rings. The van der Waals surface area contributed by atoms with Crippen molar-refractivity contribution >= 4 is 5.65 Å². The average molecular weight is 287 g/mol. The molecule has 0 amide bonds. The van der Waals surface area contributed by atoms with E-state index in [0.29, 0.717) is 0 Å². The van der Waals surface area contributed by atoms with Gasteiger partial charge in [-0.15, -0.1) is 11.7 Å². The van der Waals surface area contributed by atoms with Crippen molar-refractivity contribution in [2.24, 2.45) is 0 Å². The SMILES string of the molecule is C=CC(CC)(c1c(C)cnc2cc(F)nn12)C(F)(F)F. The molecule has 1 unspecified atom stereocenters. The number of alkyl halides is 3. The molecule has 2 heterocycles. The van der Waals surface area contributed by atoms with Gasteiger partial charge in [-0.05, 0) is 18.9 Å². The third-order valence-corrected chi connectivity index (χ3v) is 3.47. The Hall–Kier alpha value is -1.92. The first-order valence-corrected chi connectivity index (χ1v) is 5.98. The number of fused-ring (bicyclic) bond motifs is 1. The molecule has 2 aromatic rings. The fourth-order valence-corrected chi connectivity index (χ4v) is 2.39. The number of aromatic nitrogens is 3. The van der Waals surface area contributed by atoms with Crippen LogP contribution in [0.15, 0.2) is 24.9 Å². The summed E-state index contributed by atoms with van der Waals surface area (Å²) in [5, 5.41) is 3.49. The quantitative estimate of drug-likeness (QED) is 0.638. The smallest absolute Gasteiger partial charge is 0.237 e. The van der Waals surface area contributed by atoms with E-state index in [1.807, 2.05) is 0 Å². The Balaban J connectivity index is 2.90. The molecule has 0 saturated heterocycles. The van der Waals surface area contributed by atoms with E-state index in [4.69, 9.17) is 0 Å². The molecule has 108 valence electrons. The summed E-state index contributed by atoms with van der Waals surface area (Å²) in [4.78, 5) is 3.89. The van der Waals surface area contributed by atoms with Gasteiger partial charge in [0.2, 0.25) is 5.95 Å². The first-order valence-electron chi connectivity index (χ1n) is 5.98. The number of nitrogens with zero attached hydrogens (tertiary/aromatic N) is 3. The van der Waals surface area contributed by atoms with E-state index in [0.717, 1.165) is 16.7 Å². The lowest BCUT2D eigenvalue weighted by Gasteiger charge is -2.33. The van der Waals surface area contributed by atoms with Crippen molar-refractivity contribution in [3.8, 4) is 0 Å². The normalized spacial score (nSPS) is 15.3. The second-order valence-electron chi connectivity index (χ2n) is 4.55. The Bertz CT molecular complexity index is 659. The first-order chi connectivity index (χ1) is 9.26. The van der Waals surface area contributed by atoms with E-state index in [9.17, 15) is 17.6 Å². The minimum absolute atomic E-state index is 0.0343. The van der Waals surface area contributed by atoms with E-state index in [1.54, 1.807) is 0 Å². The van der Waals surface area contributed by atoms with Crippen LogP contribution in [0.5, 0.6) is 0 Å². The van der Waals surface area contributed by atoms with Crippen molar-refractivity contribution in [1.82, 2.24) is 14.6 Å². The zero-order valence-electron chi connectivity index (χ0n) is 11.0. The lowest BCUT2D eigenvalue weighted by Crippen LogP contribution is -2.42. The van der Waals surface area contributed by atoms with Gasteiger partial charge < -0.3 is 0 Å². The number of aryl methyl sites for hydroxylation is 1. The highest BCUT2D eigenvalue weighted by Crippen LogP contribution is 2.45. The van der Waals surface area contributed by atoms with Crippen LogP contribution in [-0.2, 0) is 5.41 Å². The van der Waals surface area contributed by atoms with Crippen molar-refractivity contribution < 1.29 is 17.6 Å². The summed E-state index contributed by atoms with van der Waals surface area (Å²) in [7, 11) is 0. The summed E-state index contributed by atoms with van der Waals surface area (Å²) in [6.45, 7) is 6.22. The summed E-state index contributed by atoms with van der Waals surface area (Å²) < 4.78 is 54.8. The molecule has 0 saturated carbocycles. The van der Waals surface area contributed by atoms with E-state index in [2.05, 4.69) is 16.7 Å². The highest BCUT2D eigenvalue weighted by molar-refractivity contribution is 5.44. The third-order valence-electron chi connectivity index (χ3n) is 3.47. The molecule has 7 heteroatoms. The minimum Gasteiger partial charge on any atom is -0.237 e. The number of rotatable bonds is 3. The molecule has 0 aliphatic rings. The maximum Gasteiger partial charge on any atom is 0.403 e. The summed E-state index contributed by atoms with van der Waals surface area (Å²) in [5.74, 6) is -0.874. The van der Waals surface area contributed by atoms with Crippen LogP contribution in [0.4, 0.5) is 17.6 Å². The fraction of sp³-hybridized carbons (Fsp3) is 0.385. The Morgan fingerprint density at radius 2 is 2.05 bits per heavy atom. The summed E-state index contributed by atoms with van der Waals surface area (Å²) in [5.41, 5.74) is -2.14. The van der Waals surface area contributed by atoms with Gasteiger partial charge >= 0.3 is 6.18 Å². The maximum absolute atomic E-state index is 13.5. The van der Waals surface area contributed by atoms with Crippen LogP contribution >= 0.6 is 0 Å². The van der Waals surface area contributed by atoms with Crippen LogP contribution in [0.25, 0.3) is 5.65 Å². The monoisotopic (exact) mass is 287 g/mol. The molecule has 2 rings (SSSR count). The lowest BCUT2D eigenvalue weighted by atomic mass is 9.79. The number of halogens is 4. The van der Waals surface area contributed by atoms with E-state index >= 15 is 0 Å². The molecule has 20 heavy (non-hydrogen) atoms. The summed E-state index contributed by atoms with van der Waals surface area (Å²) >= 11 is 0.